The number of nitrogens with one attached hydrogen (secondary N) is 1. The molecule has 0 spiro atoms. The Morgan fingerprint density at radius 2 is 1.87 bits per heavy atom. The Labute approximate surface area is 187 Å². The van der Waals surface area contributed by atoms with Crippen molar-refractivity contribution < 1.29 is 17.9 Å². The van der Waals surface area contributed by atoms with Crippen LogP contribution in [0.4, 0.5) is 11.4 Å². The largest absolute Gasteiger partial charge is 0.379 e. The zero-order valence-corrected chi connectivity index (χ0v) is 19.0. The predicted molar refractivity (Wildman–Crippen MR) is 121 cm³/mol. The number of carbonyl (C=O) groups excluding carboxylic acids is 1. The van der Waals surface area contributed by atoms with E-state index in [0.717, 1.165) is 31.6 Å². The van der Waals surface area contributed by atoms with Gasteiger partial charge in [-0.1, -0.05) is 0 Å². The van der Waals surface area contributed by atoms with Crippen molar-refractivity contribution >= 4 is 39.1 Å². The van der Waals surface area contributed by atoms with Crippen molar-refractivity contribution in [3.8, 4) is 0 Å². The van der Waals surface area contributed by atoms with Gasteiger partial charge in [0.15, 0.2) is 0 Å². The summed E-state index contributed by atoms with van der Waals surface area (Å²) in [5, 5.41) is 3.58. The van der Waals surface area contributed by atoms with Gasteiger partial charge in [-0.3, -0.25) is 4.79 Å². The summed E-state index contributed by atoms with van der Waals surface area (Å²) in [5.41, 5.74) is 1.79. The zero-order valence-electron chi connectivity index (χ0n) is 17.4. The standard InChI is InChI=1S/C21H26N4O4S2/c1-30-21-17(5-4-8-22-21)20(26)23-18-15-16(6-7-19(18)24-9-2-3-10-24)31(27,28)25-11-13-29-14-12-25/h4-8,15H,2-3,9-14H2,1H3,(H,23,26). The Morgan fingerprint density at radius 3 is 2.58 bits per heavy atom. The van der Waals surface area contributed by atoms with E-state index in [0.29, 0.717) is 42.6 Å². The molecule has 2 fully saturated rings. The predicted octanol–water partition coefficient (Wildman–Crippen LogP) is 2.68. The molecule has 0 atom stereocenters. The second-order valence-corrected chi connectivity index (χ2v) is 10.1. The molecule has 0 unspecified atom stereocenters. The molecule has 0 aliphatic carbocycles. The van der Waals surface area contributed by atoms with Crippen LogP contribution < -0.4 is 10.2 Å². The first-order valence-corrected chi connectivity index (χ1v) is 12.9. The van der Waals surface area contributed by atoms with Gasteiger partial charge in [0, 0.05) is 32.4 Å². The van der Waals surface area contributed by atoms with Crippen molar-refractivity contribution in [2.75, 3.05) is 55.9 Å². The number of sulfonamides is 1. The summed E-state index contributed by atoms with van der Waals surface area (Å²) in [5.74, 6) is -0.307. The van der Waals surface area contributed by atoms with E-state index in [1.165, 1.54) is 16.1 Å². The van der Waals surface area contributed by atoms with Crippen LogP contribution in [-0.4, -0.2) is 69.3 Å². The van der Waals surface area contributed by atoms with Crippen molar-refractivity contribution in [3.63, 3.8) is 0 Å². The molecular formula is C21H26N4O4S2. The molecule has 2 saturated heterocycles. The maximum atomic E-state index is 13.2. The number of hydrogen-bond donors (Lipinski definition) is 1. The van der Waals surface area contributed by atoms with Crippen molar-refractivity contribution in [1.29, 1.82) is 0 Å². The second kappa shape index (κ2) is 9.56. The molecule has 2 aromatic rings. The van der Waals surface area contributed by atoms with Crippen LogP contribution in [0.15, 0.2) is 46.5 Å². The lowest BCUT2D eigenvalue weighted by Crippen LogP contribution is -2.40. The molecule has 2 aliphatic heterocycles. The number of carbonyl (C=O) groups is 1. The smallest absolute Gasteiger partial charge is 0.258 e. The van der Waals surface area contributed by atoms with Gasteiger partial charge < -0.3 is 15.0 Å². The number of nitrogens with zero attached hydrogens (tertiary/aromatic N) is 3. The average molecular weight is 463 g/mol. The maximum Gasteiger partial charge on any atom is 0.258 e. The van der Waals surface area contributed by atoms with Crippen LogP contribution in [0.1, 0.15) is 23.2 Å². The number of ether oxygens (including phenoxy) is 1. The van der Waals surface area contributed by atoms with E-state index in [2.05, 4.69) is 15.2 Å². The van der Waals surface area contributed by atoms with E-state index < -0.39 is 10.0 Å². The molecule has 3 heterocycles. The van der Waals surface area contributed by atoms with Crippen LogP contribution in [0.3, 0.4) is 0 Å². The molecule has 166 valence electrons. The number of thioether (sulfide) groups is 1. The van der Waals surface area contributed by atoms with Crippen LogP contribution in [0.2, 0.25) is 0 Å². The minimum absolute atomic E-state index is 0.170. The molecule has 31 heavy (non-hydrogen) atoms. The van der Waals surface area contributed by atoms with Crippen LogP contribution in [0.5, 0.6) is 0 Å². The van der Waals surface area contributed by atoms with Gasteiger partial charge in [0.1, 0.15) is 5.03 Å². The van der Waals surface area contributed by atoms with Gasteiger partial charge in [0.25, 0.3) is 5.91 Å². The molecule has 1 aromatic heterocycles. The Morgan fingerprint density at radius 1 is 1.13 bits per heavy atom. The average Bonchev–Trinajstić information content (AvgIpc) is 3.34. The third-order valence-corrected chi connectivity index (χ3v) is 8.09. The molecule has 1 N–H and O–H groups in total. The van der Waals surface area contributed by atoms with Gasteiger partial charge >= 0.3 is 0 Å². The fourth-order valence-corrected chi connectivity index (χ4v) is 5.84. The van der Waals surface area contributed by atoms with E-state index in [4.69, 9.17) is 4.74 Å². The van der Waals surface area contributed by atoms with Gasteiger partial charge in [-0.2, -0.15) is 4.31 Å². The van der Waals surface area contributed by atoms with Gasteiger partial charge in [-0.25, -0.2) is 13.4 Å². The summed E-state index contributed by atoms with van der Waals surface area (Å²) < 4.78 is 33.0. The Kier molecular flexibility index (Phi) is 6.80. The van der Waals surface area contributed by atoms with Crippen LogP contribution in [0, 0.1) is 0 Å². The third-order valence-electron chi connectivity index (χ3n) is 5.48. The van der Waals surface area contributed by atoms with E-state index in [-0.39, 0.29) is 10.8 Å². The van der Waals surface area contributed by atoms with Crippen molar-refractivity contribution in [2.45, 2.75) is 22.8 Å². The molecule has 1 aromatic carbocycles. The van der Waals surface area contributed by atoms with Crippen LogP contribution in [-0.2, 0) is 14.8 Å². The highest BCUT2D eigenvalue weighted by molar-refractivity contribution is 7.98. The van der Waals surface area contributed by atoms with Gasteiger partial charge in [0.2, 0.25) is 10.0 Å². The first-order chi connectivity index (χ1) is 15.0. The number of hydrogen-bond acceptors (Lipinski definition) is 7. The molecule has 0 radical (unpaired) electrons. The van der Waals surface area contributed by atoms with E-state index in [1.54, 1.807) is 36.5 Å². The summed E-state index contributed by atoms with van der Waals surface area (Å²) in [6.45, 7) is 3.17. The second-order valence-electron chi connectivity index (χ2n) is 7.40. The molecular weight excluding hydrogens is 436 g/mol. The highest BCUT2D eigenvalue weighted by atomic mass is 32.2. The summed E-state index contributed by atoms with van der Waals surface area (Å²) in [6.07, 6.45) is 5.65. The van der Waals surface area contributed by atoms with Gasteiger partial charge in [-0.15, -0.1) is 11.8 Å². The summed E-state index contributed by atoms with van der Waals surface area (Å²) in [4.78, 5) is 19.7. The van der Waals surface area contributed by atoms with Gasteiger partial charge in [-0.05, 0) is 49.4 Å². The Balaban J connectivity index is 1.69. The highest BCUT2D eigenvalue weighted by Gasteiger charge is 2.28. The molecule has 8 nitrogen and oxygen atoms in total. The Hall–Kier alpha value is -2.14. The monoisotopic (exact) mass is 462 g/mol. The zero-order chi connectivity index (χ0) is 21.8. The van der Waals surface area contributed by atoms with Crippen molar-refractivity contribution in [3.05, 3.63) is 42.1 Å². The fourth-order valence-electron chi connectivity index (χ4n) is 3.86. The first-order valence-electron chi connectivity index (χ1n) is 10.3. The Bertz CT molecular complexity index is 1050. The number of rotatable bonds is 6. The molecule has 1 amide bonds. The number of amides is 1. The lowest BCUT2D eigenvalue weighted by Gasteiger charge is -2.27. The molecule has 4 rings (SSSR count). The summed E-state index contributed by atoms with van der Waals surface area (Å²) in [7, 11) is -3.67. The van der Waals surface area contributed by atoms with Crippen LogP contribution in [0.25, 0.3) is 0 Å². The molecule has 0 bridgehead atoms. The normalized spacial score (nSPS) is 17.6. The number of benzene rings is 1. The fraction of sp³-hybridized carbons (Fsp3) is 0.429. The first kappa shape index (κ1) is 22.1. The van der Waals surface area contributed by atoms with E-state index >= 15 is 0 Å². The van der Waals surface area contributed by atoms with Crippen LogP contribution >= 0.6 is 11.8 Å². The van der Waals surface area contributed by atoms with Gasteiger partial charge in [0.05, 0.1) is 35.0 Å². The third kappa shape index (κ3) is 4.72. The number of aromatic nitrogens is 1. The molecule has 0 saturated carbocycles. The lowest BCUT2D eigenvalue weighted by molar-refractivity contribution is 0.0730. The summed E-state index contributed by atoms with van der Waals surface area (Å²) >= 11 is 1.39. The topological polar surface area (TPSA) is 91.8 Å². The van der Waals surface area contributed by atoms with Crippen molar-refractivity contribution in [1.82, 2.24) is 9.29 Å². The minimum Gasteiger partial charge on any atom is -0.379 e. The number of anilines is 2. The molecule has 2 aliphatic rings. The van der Waals surface area contributed by atoms with E-state index in [9.17, 15) is 13.2 Å². The maximum absolute atomic E-state index is 13.2. The van der Waals surface area contributed by atoms with E-state index in [1.807, 2.05) is 6.26 Å². The number of pyridine rings is 1. The minimum atomic E-state index is -3.67. The number of morpholine rings is 1. The SMILES string of the molecule is CSc1ncccc1C(=O)Nc1cc(S(=O)(=O)N2CCOCC2)ccc1N1CCCC1. The quantitative estimate of drug-likeness (QED) is 0.660. The summed E-state index contributed by atoms with van der Waals surface area (Å²) in [6, 6.07) is 8.44. The lowest BCUT2D eigenvalue weighted by atomic mass is 10.2. The van der Waals surface area contributed by atoms with Crippen molar-refractivity contribution in [2.24, 2.45) is 0 Å². The highest BCUT2D eigenvalue weighted by Crippen LogP contribution is 2.33. The molecule has 10 heteroatoms.